The lowest BCUT2D eigenvalue weighted by Crippen LogP contribution is -2.34. The Kier molecular flexibility index (Phi) is 7.95. The van der Waals surface area contributed by atoms with Crippen molar-refractivity contribution in [3.8, 4) is 22.8 Å². The fourth-order valence-electron chi connectivity index (χ4n) is 3.45. The van der Waals surface area contributed by atoms with Gasteiger partial charge in [-0.25, -0.2) is 8.42 Å². The van der Waals surface area contributed by atoms with Gasteiger partial charge in [-0.05, 0) is 56.1 Å². The van der Waals surface area contributed by atoms with Crippen LogP contribution in [-0.4, -0.2) is 65.0 Å². The van der Waals surface area contributed by atoms with Gasteiger partial charge in [-0.15, -0.1) is 0 Å². The molecule has 9 nitrogen and oxygen atoms in total. The maximum atomic E-state index is 12.7. The van der Waals surface area contributed by atoms with Gasteiger partial charge in [0, 0.05) is 18.2 Å². The Labute approximate surface area is 199 Å². The highest BCUT2D eigenvalue weighted by molar-refractivity contribution is 7.91. The molecule has 0 aliphatic rings. The van der Waals surface area contributed by atoms with Crippen molar-refractivity contribution in [2.45, 2.75) is 17.9 Å². The van der Waals surface area contributed by atoms with Crippen LogP contribution in [0, 0.1) is 0 Å². The van der Waals surface area contributed by atoms with Gasteiger partial charge in [0.1, 0.15) is 0 Å². The minimum Gasteiger partial charge on any atom is -0.493 e. The lowest BCUT2D eigenvalue weighted by Gasteiger charge is -2.25. The Hall–Kier alpha value is -3.37. The number of ether oxygens (including phenoxy) is 2. The number of sulfone groups is 1. The fourth-order valence-corrected chi connectivity index (χ4v) is 4.33. The third-order valence-electron chi connectivity index (χ3n) is 5.49. The lowest BCUT2D eigenvalue weighted by molar-refractivity contribution is 0.0933. The number of benzene rings is 2. The molecule has 0 saturated carbocycles. The van der Waals surface area contributed by atoms with Gasteiger partial charge in [0.15, 0.2) is 32.8 Å². The molecule has 0 spiro atoms. The van der Waals surface area contributed by atoms with Crippen molar-refractivity contribution in [1.29, 1.82) is 0 Å². The van der Waals surface area contributed by atoms with Crippen LogP contribution >= 0.6 is 0 Å². The quantitative estimate of drug-likeness (QED) is 0.464. The molecule has 3 rings (SSSR count). The average molecular weight is 488 g/mol. The molecule has 0 aliphatic heterocycles. The number of hydrogen-bond donors (Lipinski definition) is 1. The number of rotatable bonds is 10. The highest BCUT2D eigenvalue weighted by atomic mass is 32.2. The first kappa shape index (κ1) is 25.3. The number of carbonyl (C=O) groups excluding carboxylic acids is 1. The van der Waals surface area contributed by atoms with Gasteiger partial charge in [0.2, 0.25) is 0 Å². The summed E-state index contributed by atoms with van der Waals surface area (Å²) in [5.41, 5.74) is 1.70. The van der Waals surface area contributed by atoms with Crippen LogP contribution in [0.3, 0.4) is 0 Å². The van der Waals surface area contributed by atoms with E-state index < -0.39 is 9.84 Å². The zero-order chi connectivity index (χ0) is 24.9. The molecule has 3 aromatic rings. The van der Waals surface area contributed by atoms with Gasteiger partial charge in [-0.2, -0.15) is 0 Å². The van der Waals surface area contributed by atoms with Crippen LogP contribution in [-0.2, 0) is 9.84 Å². The highest BCUT2D eigenvalue weighted by Crippen LogP contribution is 2.31. The number of amides is 1. The molecule has 1 heterocycles. The molecule has 10 heteroatoms. The van der Waals surface area contributed by atoms with Gasteiger partial charge in [-0.3, -0.25) is 4.79 Å². The summed E-state index contributed by atoms with van der Waals surface area (Å²) in [6, 6.07) is 13.3. The molecule has 1 aromatic heterocycles. The van der Waals surface area contributed by atoms with Gasteiger partial charge < -0.3 is 24.2 Å². The molecule has 0 radical (unpaired) electrons. The number of aromatic nitrogens is 1. The van der Waals surface area contributed by atoms with Gasteiger partial charge in [-0.1, -0.05) is 18.1 Å². The highest BCUT2D eigenvalue weighted by Gasteiger charge is 2.20. The second-order valence-electron chi connectivity index (χ2n) is 7.81. The molecule has 1 N–H and O–H groups in total. The summed E-state index contributed by atoms with van der Waals surface area (Å²) in [7, 11) is 3.71. The van der Waals surface area contributed by atoms with Crippen LogP contribution in [0.5, 0.6) is 11.5 Å². The summed E-state index contributed by atoms with van der Waals surface area (Å²) in [5, 5.41) is 6.76. The molecular weight excluding hydrogens is 458 g/mol. The molecule has 2 aromatic carbocycles. The van der Waals surface area contributed by atoms with Gasteiger partial charge >= 0.3 is 0 Å². The number of nitrogens with zero attached hydrogens (tertiary/aromatic N) is 2. The van der Waals surface area contributed by atoms with E-state index in [2.05, 4.69) is 10.5 Å². The first-order valence-electron chi connectivity index (χ1n) is 10.7. The Bertz CT molecular complexity index is 1240. The molecular formula is C24H29N3O6S. The zero-order valence-electron chi connectivity index (χ0n) is 19.9. The Morgan fingerprint density at radius 3 is 2.32 bits per heavy atom. The van der Waals surface area contributed by atoms with E-state index in [1.54, 1.807) is 33.3 Å². The molecule has 0 bridgehead atoms. The third kappa shape index (κ3) is 5.57. The first-order valence-corrected chi connectivity index (χ1v) is 12.3. The fraction of sp³-hybridized carbons (Fsp3) is 0.333. The Morgan fingerprint density at radius 2 is 1.74 bits per heavy atom. The van der Waals surface area contributed by atoms with Crippen molar-refractivity contribution in [1.82, 2.24) is 15.4 Å². The maximum absolute atomic E-state index is 12.7. The van der Waals surface area contributed by atoms with E-state index in [-0.39, 0.29) is 28.3 Å². The summed E-state index contributed by atoms with van der Waals surface area (Å²) in [5.74, 6) is 1.25. The van der Waals surface area contributed by atoms with Crippen LogP contribution < -0.4 is 14.8 Å². The van der Waals surface area contributed by atoms with Crippen molar-refractivity contribution in [3.63, 3.8) is 0 Å². The van der Waals surface area contributed by atoms with Crippen LogP contribution in [0.15, 0.2) is 57.9 Å². The minimum atomic E-state index is -3.29. The molecule has 1 unspecified atom stereocenters. The van der Waals surface area contributed by atoms with Crippen LogP contribution in [0.4, 0.5) is 0 Å². The van der Waals surface area contributed by atoms with E-state index in [1.165, 1.54) is 18.2 Å². The van der Waals surface area contributed by atoms with Crippen molar-refractivity contribution in [2.24, 2.45) is 0 Å². The minimum absolute atomic E-state index is 0.0240. The van der Waals surface area contributed by atoms with Crippen molar-refractivity contribution in [2.75, 3.05) is 40.6 Å². The molecule has 182 valence electrons. The smallest absolute Gasteiger partial charge is 0.273 e. The van der Waals surface area contributed by atoms with E-state index >= 15 is 0 Å². The van der Waals surface area contributed by atoms with E-state index in [0.29, 0.717) is 29.4 Å². The second kappa shape index (κ2) is 10.7. The SMILES string of the molecule is CCS(=O)(=O)c1ccc(-c2cc(C(=O)NCC(c3ccc(OC)c(OC)c3)N(C)C)no2)cc1. The zero-order valence-corrected chi connectivity index (χ0v) is 20.7. The monoisotopic (exact) mass is 487 g/mol. The number of methoxy groups -OCH3 is 2. The average Bonchev–Trinajstić information content (AvgIpc) is 3.34. The number of hydrogen-bond acceptors (Lipinski definition) is 8. The van der Waals surface area contributed by atoms with Gasteiger partial charge in [0.25, 0.3) is 5.91 Å². The predicted molar refractivity (Wildman–Crippen MR) is 128 cm³/mol. The second-order valence-corrected chi connectivity index (χ2v) is 10.1. The van der Waals surface area contributed by atoms with E-state index in [0.717, 1.165) is 5.56 Å². The van der Waals surface area contributed by atoms with Crippen molar-refractivity contribution >= 4 is 15.7 Å². The topological polar surface area (TPSA) is 111 Å². The largest absolute Gasteiger partial charge is 0.493 e. The van der Waals surface area contributed by atoms with Crippen LogP contribution in [0.1, 0.15) is 29.0 Å². The molecule has 0 aliphatic carbocycles. The Morgan fingerprint density at radius 1 is 1.06 bits per heavy atom. The third-order valence-corrected chi connectivity index (χ3v) is 7.24. The van der Waals surface area contributed by atoms with Crippen molar-refractivity contribution < 1.29 is 27.2 Å². The van der Waals surface area contributed by atoms with E-state index in [4.69, 9.17) is 14.0 Å². The molecule has 0 fully saturated rings. The summed E-state index contributed by atoms with van der Waals surface area (Å²) in [6.45, 7) is 1.92. The summed E-state index contributed by atoms with van der Waals surface area (Å²) < 4.78 is 40.0. The summed E-state index contributed by atoms with van der Waals surface area (Å²) >= 11 is 0. The van der Waals surface area contributed by atoms with Gasteiger partial charge in [0.05, 0.1) is 30.9 Å². The van der Waals surface area contributed by atoms with Crippen LogP contribution in [0.2, 0.25) is 0 Å². The normalized spacial score (nSPS) is 12.4. The Balaban J connectivity index is 1.71. The summed E-state index contributed by atoms with van der Waals surface area (Å²) in [6.07, 6.45) is 0. The maximum Gasteiger partial charge on any atom is 0.273 e. The summed E-state index contributed by atoms with van der Waals surface area (Å²) in [4.78, 5) is 14.9. The standard InChI is InChI=1S/C24H29N3O6S/c1-6-34(29,30)18-10-7-16(8-11-18)22-14-19(26-33-22)24(28)25-15-20(27(2)3)17-9-12-21(31-4)23(13-17)32-5/h7-14,20H,6,15H2,1-5H3,(H,25,28). The van der Waals surface area contributed by atoms with Crippen molar-refractivity contribution in [3.05, 3.63) is 59.8 Å². The number of carbonyl (C=O) groups is 1. The first-order chi connectivity index (χ1) is 16.2. The lowest BCUT2D eigenvalue weighted by atomic mass is 10.0. The van der Waals surface area contributed by atoms with E-state index in [1.807, 2.05) is 37.2 Å². The molecule has 0 saturated heterocycles. The number of likely N-dealkylation sites (N-methyl/N-ethyl adjacent to an activating group) is 1. The molecule has 1 amide bonds. The molecule has 1 atom stereocenters. The predicted octanol–water partition coefficient (Wildman–Crippen LogP) is 3.19. The van der Waals surface area contributed by atoms with Crippen LogP contribution in [0.25, 0.3) is 11.3 Å². The number of nitrogens with one attached hydrogen (secondary N) is 1. The molecule has 34 heavy (non-hydrogen) atoms. The van der Waals surface area contributed by atoms with E-state index in [9.17, 15) is 13.2 Å².